The van der Waals surface area contributed by atoms with Gasteiger partial charge in [-0.2, -0.15) is 5.10 Å². The maximum atomic E-state index is 14.5. The molecule has 0 bridgehead atoms. The van der Waals surface area contributed by atoms with Crippen molar-refractivity contribution in [1.82, 2.24) is 20.2 Å². The largest absolute Gasteiger partial charge is 0.354 e. The molecule has 4 rings (SSSR count). The van der Waals surface area contributed by atoms with Gasteiger partial charge in [-0.15, -0.1) is 0 Å². The molecule has 3 aromatic rings. The Morgan fingerprint density at radius 1 is 1.33 bits per heavy atom. The Morgan fingerprint density at radius 3 is 2.93 bits per heavy atom. The summed E-state index contributed by atoms with van der Waals surface area (Å²) >= 11 is 0. The van der Waals surface area contributed by atoms with Crippen molar-refractivity contribution < 1.29 is 11.6 Å². The van der Waals surface area contributed by atoms with Crippen LogP contribution in [0.1, 0.15) is 23.1 Å². The zero-order valence-electron chi connectivity index (χ0n) is 15.3. The minimum absolute atomic E-state index is 0. The average molecular weight is 376 g/mol. The minimum atomic E-state index is -0.736. The van der Waals surface area contributed by atoms with Crippen LogP contribution >= 0.6 is 0 Å². The maximum absolute atomic E-state index is 14.5. The first-order valence-electron chi connectivity index (χ1n) is 9.11. The van der Waals surface area contributed by atoms with E-state index in [-0.39, 0.29) is 26.3 Å². The second-order valence-electron chi connectivity index (χ2n) is 7.41. The van der Waals surface area contributed by atoms with Gasteiger partial charge in [0.2, 0.25) is 0 Å². The summed E-state index contributed by atoms with van der Waals surface area (Å²) in [5.41, 5.74) is 7.17. The lowest BCUT2D eigenvalue weighted by Gasteiger charge is -2.24. The lowest BCUT2D eigenvalue weighted by Crippen LogP contribution is -2.37. The number of aromatic nitrogens is 4. The first kappa shape index (κ1) is 17.8. The van der Waals surface area contributed by atoms with Crippen molar-refractivity contribution in [1.29, 1.82) is 0 Å². The molecule has 6 nitrogen and oxygen atoms in total. The van der Waals surface area contributed by atoms with Crippen LogP contribution in [0, 0.1) is 23.5 Å². The van der Waals surface area contributed by atoms with E-state index in [0.717, 1.165) is 12.5 Å². The van der Waals surface area contributed by atoms with Gasteiger partial charge in [0.1, 0.15) is 5.69 Å². The first-order valence-corrected chi connectivity index (χ1v) is 9.11. The monoisotopic (exact) mass is 376 g/mol. The summed E-state index contributed by atoms with van der Waals surface area (Å²) in [5, 5.41) is 7.49. The number of nitrogens with two attached hydrogens (primary N) is 1. The zero-order chi connectivity index (χ0) is 19.1. The molecule has 3 aromatic heterocycles. The molecule has 0 aromatic carbocycles. The fourth-order valence-electron chi connectivity index (χ4n) is 3.72. The Morgan fingerprint density at radius 2 is 2.15 bits per heavy atom. The van der Waals surface area contributed by atoms with Gasteiger partial charge in [0.05, 0.1) is 5.69 Å². The summed E-state index contributed by atoms with van der Waals surface area (Å²) in [5.74, 6) is -0.647. The van der Waals surface area contributed by atoms with Crippen molar-refractivity contribution >= 4 is 16.9 Å². The van der Waals surface area contributed by atoms with E-state index in [9.17, 15) is 8.78 Å². The molecule has 1 fully saturated rings. The molecular weight excluding hydrogens is 350 g/mol. The topological polar surface area (TPSA) is 83.7 Å². The van der Waals surface area contributed by atoms with Crippen LogP contribution in [0.15, 0.2) is 24.4 Å². The third-order valence-corrected chi connectivity index (χ3v) is 5.32. The van der Waals surface area contributed by atoms with E-state index in [0.29, 0.717) is 35.7 Å². The molecule has 1 unspecified atom stereocenters. The average Bonchev–Trinajstić information content (AvgIpc) is 3.28. The van der Waals surface area contributed by atoms with Crippen molar-refractivity contribution in [2.75, 3.05) is 18.0 Å². The number of hydrogen-bond acceptors (Lipinski definition) is 5. The Balaban J connectivity index is 0.00000150. The molecule has 4 heterocycles. The molecule has 0 amide bonds. The van der Waals surface area contributed by atoms with Crippen LogP contribution < -0.4 is 10.6 Å². The van der Waals surface area contributed by atoms with Crippen LogP contribution in [0.2, 0.25) is 0 Å². The van der Waals surface area contributed by atoms with E-state index in [1.165, 1.54) is 0 Å². The van der Waals surface area contributed by atoms with Gasteiger partial charge in [0.25, 0.3) is 0 Å². The summed E-state index contributed by atoms with van der Waals surface area (Å²) in [6, 6.07) is 4.44. The number of H-pyrrole nitrogens is 1. The zero-order valence-corrected chi connectivity index (χ0v) is 15.3. The maximum Gasteiger partial charge on any atom is 0.181 e. The lowest BCUT2D eigenvalue weighted by molar-refractivity contribution is 0.365. The summed E-state index contributed by atoms with van der Waals surface area (Å²) in [6.45, 7) is 5.42. The molecular formula is C19H26F2N6. The standard InChI is InChI=1S/C19H22F2N6.2H2/c1-10(2)15(22)11-5-7-27(9-11)19-14(21)8-13(20)17(24-19)16-12-4-3-6-23-18(12)26-25-16;;/h3-4,6,8,10-11,15H,5,7,9,22H2,1-2H3,(H,23,25,26);2*1H/t11-,15?;;/m0../s1. The molecule has 1 saturated heterocycles. The van der Waals surface area contributed by atoms with Crippen LogP contribution in [0.3, 0.4) is 0 Å². The van der Waals surface area contributed by atoms with Gasteiger partial charge in [-0.05, 0) is 30.4 Å². The number of aromatic amines is 1. The number of hydrogen-bond donors (Lipinski definition) is 2. The van der Waals surface area contributed by atoms with E-state index in [1.54, 1.807) is 18.3 Å². The molecule has 1 aliphatic rings. The Hall–Kier alpha value is -2.61. The molecule has 0 aliphatic carbocycles. The predicted molar refractivity (Wildman–Crippen MR) is 104 cm³/mol. The summed E-state index contributed by atoms with van der Waals surface area (Å²) < 4.78 is 29.0. The minimum Gasteiger partial charge on any atom is -0.354 e. The number of pyridine rings is 2. The number of rotatable bonds is 4. The number of halogens is 2. The molecule has 8 heteroatoms. The van der Waals surface area contributed by atoms with Crippen LogP contribution in [-0.4, -0.2) is 39.3 Å². The van der Waals surface area contributed by atoms with Crippen molar-refractivity contribution in [2.45, 2.75) is 26.3 Å². The van der Waals surface area contributed by atoms with Crippen molar-refractivity contribution in [3.8, 4) is 11.4 Å². The second kappa shape index (κ2) is 6.84. The van der Waals surface area contributed by atoms with Crippen LogP contribution in [-0.2, 0) is 0 Å². The molecule has 146 valence electrons. The van der Waals surface area contributed by atoms with Gasteiger partial charge in [0, 0.05) is 39.6 Å². The number of anilines is 1. The first-order chi connectivity index (χ1) is 13.0. The SMILES string of the molecule is CC(C)C(N)[C@H]1CCN(c2nc(-c3[nH]nc4ncccc34)c(F)cc2F)C1.[HH].[HH]. The third-order valence-electron chi connectivity index (χ3n) is 5.32. The van der Waals surface area contributed by atoms with Gasteiger partial charge in [-0.1, -0.05) is 13.8 Å². The fraction of sp³-hybridized carbons (Fsp3) is 0.421. The summed E-state index contributed by atoms with van der Waals surface area (Å²) in [7, 11) is 0. The highest BCUT2D eigenvalue weighted by Crippen LogP contribution is 2.32. The number of nitrogens with one attached hydrogen (secondary N) is 1. The van der Waals surface area contributed by atoms with Crippen LogP contribution in [0.25, 0.3) is 22.4 Å². The van der Waals surface area contributed by atoms with Crippen molar-refractivity contribution in [3.63, 3.8) is 0 Å². The normalized spacial score (nSPS) is 18.6. The lowest BCUT2D eigenvalue weighted by atomic mass is 9.91. The van der Waals surface area contributed by atoms with Gasteiger partial charge < -0.3 is 10.6 Å². The van der Waals surface area contributed by atoms with E-state index < -0.39 is 11.6 Å². The molecule has 1 aliphatic heterocycles. The van der Waals surface area contributed by atoms with Gasteiger partial charge in [-0.25, -0.2) is 18.7 Å². The molecule has 2 atom stereocenters. The van der Waals surface area contributed by atoms with E-state index >= 15 is 0 Å². The molecule has 27 heavy (non-hydrogen) atoms. The highest BCUT2D eigenvalue weighted by Gasteiger charge is 2.31. The summed E-state index contributed by atoms with van der Waals surface area (Å²) in [6.07, 6.45) is 2.47. The molecule has 0 saturated carbocycles. The number of fused-ring (bicyclic) bond motifs is 1. The van der Waals surface area contributed by atoms with E-state index in [4.69, 9.17) is 5.73 Å². The molecule has 0 radical (unpaired) electrons. The van der Waals surface area contributed by atoms with Crippen molar-refractivity contribution in [3.05, 3.63) is 36.0 Å². The van der Waals surface area contributed by atoms with Crippen LogP contribution in [0.5, 0.6) is 0 Å². The van der Waals surface area contributed by atoms with Gasteiger partial charge in [-0.3, -0.25) is 5.10 Å². The number of nitrogens with zero attached hydrogens (tertiary/aromatic N) is 4. The van der Waals surface area contributed by atoms with Crippen LogP contribution in [0.4, 0.5) is 14.6 Å². The highest BCUT2D eigenvalue weighted by molar-refractivity contribution is 5.89. The Bertz CT molecular complexity index is 980. The molecule has 0 spiro atoms. The Labute approximate surface area is 158 Å². The molecule has 3 N–H and O–H groups in total. The van der Waals surface area contributed by atoms with Gasteiger partial charge in [0.15, 0.2) is 23.1 Å². The predicted octanol–water partition coefficient (Wildman–Crippen LogP) is 3.60. The van der Waals surface area contributed by atoms with E-state index in [2.05, 4.69) is 34.0 Å². The highest BCUT2D eigenvalue weighted by atomic mass is 19.1. The van der Waals surface area contributed by atoms with Crippen molar-refractivity contribution in [2.24, 2.45) is 17.6 Å². The quantitative estimate of drug-likeness (QED) is 0.727. The fourth-order valence-corrected chi connectivity index (χ4v) is 3.72. The third kappa shape index (κ3) is 3.14. The second-order valence-corrected chi connectivity index (χ2v) is 7.41. The summed E-state index contributed by atoms with van der Waals surface area (Å²) in [4.78, 5) is 10.3. The Kier molecular flexibility index (Phi) is 4.51. The smallest absolute Gasteiger partial charge is 0.181 e. The van der Waals surface area contributed by atoms with Gasteiger partial charge >= 0.3 is 0 Å². The van der Waals surface area contributed by atoms with E-state index in [1.807, 2.05) is 4.90 Å².